The van der Waals surface area contributed by atoms with Gasteiger partial charge in [-0.3, -0.25) is 14.2 Å². The molecule has 2 heterocycles. The third-order valence-electron chi connectivity index (χ3n) is 5.65. The first-order chi connectivity index (χ1) is 17.5. The summed E-state index contributed by atoms with van der Waals surface area (Å²) in [6.45, 7) is 0.867. The van der Waals surface area contributed by atoms with Crippen molar-refractivity contribution in [2.75, 3.05) is 33.3 Å². The fourth-order valence-corrected chi connectivity index (χ4v) is 4.55. The van der Waals surface area contributed by atoms with Gasteiger partial charge >= 0.3 is 0 Å². The second kappa shape index (κ2) is 11.7. The predicted molar refractivity (Wildman–Crippen MR) is 134 cm³/mol. The van der Waals surface area contributed by atoms with Crippen molar-refractivity contribution in [3.63, 3.8) is 0 Å². The summed E-state index contributed by atoms with van der Waals surface area (Å²) in [6, 6.07) is 11.0. The smallest absolute Gasteiger partial charge is 0.262 e. The molecule has 1 amide bonds. The highest BCUT2D eigenvalue weighted by molar-refractivity contribution is 7.99. The number of aromatic nitrogens is 2. The minimum atomic E-state index is -0.243. The van der Waals surface area contributed by atoms with Crippen molar-refractivity contribution < 1.29 is 23.7 Å². The normalized spacial score (nSPS) is 11.8. The summed E-state index contributed by atoms with van der Waals surface area (Å²) in [5.41, 5.74) is 1.25. The highest BCUT2D eigenvalue weighted by Gasteiger charge is 2.19. The lowest BCUT2D eigenvalue weighted by molar-refractivity contribution is -0.121. The van der Waals surface area contributed by atoms with Crippen LogP contribution in [0.1, 0.15) is 18.4 Å². The van der Waals surface area contributed by atoms with Crippen LogP contribution < -0.4 is 29.8 Å². The Kier molecular flexibility index (Phi) is 8.17. The first-order valence-corrected chi connectivity index (χ1v) is 12.3. The van der Waals surface area contributed by atoms with Crippen molar-refractivity contribution >= 4 is 28.6 Å². The van der Waals surface area contributed by atoms with Crippen LogP contribution in [-0.2, 0) is 17.8 Å². The number of ether oxygens (including phenoxy) is 4. The summed E-state index contributed by atoms with van der Waals surface area (Å²) in [7, 11) is 3.17. The Morgan fingerprint density at radius 3 is 2.72 bits per heavy atom. The molecule has 1 aliphatic rings. The number of rotatable bonds is 11. The molecule has 0 unspecified atom stereocenters. The molecule has 0 saturated carbocycles. The Labute approximate surface area is 212 Å². The third-order valence-corrected chi connectivity index (χ3v) is 6.49. The summed E-state index contributed by atoms with van der Waals surface area (Å²) < 4.78 is 22.9. The van der Waals surface area contributed by atoms with Gasteiger partial charge in [-0.2, -0.15) is 5.26 Å². The summed E-state index contributed by atoms with van der Waals surface area (Å²) in [6.07, 6.45) is 1.34. The van der Waals surface area contributed by atoms with Crippen molar-refractivity contribution in [3.05, 3.63) is 46.2 Å². The topological polar surface area (TPSA) is 125 Å². The van der Waals surface area contributed by atoms with Crippen LogP contribution in [0.15, 0.2) is 40.3 Å². The van der Waals surface area contributed by atoms with Crippen LogP contribution in [-0.4, -0.2) is 48.8 Å². The van der Waals surface area contributed by atoms with Gasteiger partial charge in [-0.1, -0.05) is 17.8 Å². The zero-order chi connectivity index (χ0) is 25.5. The highest BCUT2D eigenvalue weighted by atomic mass is 32.2. The lowest BCUT2D eigenvalue weighted by Gasteiger charge is -2.13. The monoisotopic (exact) mass is 510 g/mol. The van der Waals surface area contributed by atoms with Crippen molar-refractivity contribution in [3.8, 4) is 29.1 Å². The van der Waals surface area contributed by atoms with E-state index in [0.29, 0.717) is 65.0 Å². The molecule has 0 saturated heterocycles. The Bertz CT molecular complexity index is 1370. The lowest BCUT2D eigenvalue weighted by Crippen LogP contribution is -2.27. The Balaban J connectivity index is 1.37. The number of hydrogen-bond acceptors (Lipinski definition) is 9. The molecule has 0 radical (unpaired) electrons. The molecule has 36 heavy (non-hydrogen) atoms. The number of carbonyl (C=O) groups is 1. The molecule has 1 N–H and O–H groups in total. The van der Waals surface area contributed by atoms with Crippen LogP contribution in [0, 0.1) is 11.3 Å². The molecule has 2 aromatic carbocycles. The Morgan fingerprint density at radius 2 is 1.97 bits per heavy atom. The number of amides is 1. The van der Waals surface area contributed by atoms with E-state index in [1.54, 1.807) is 26.4 Å². The fraction of sp³-hybridized carbons (Fsp3) is 0.360. The van der Waals surface area contributed by atoms with Crippen LogP contribution in [0.3, 0.4) is 0 Å². The molecule has 0 spiro atoms. The molecule has 1 aromatic heterocycles. The largest absolute Gasteiger partial charge is 0.493 e. The van der Waals surface area contributed by atoms with Gasteiger partial charge in [0.25, 0.3) is 5.56 Å². The molecule has 0 aliphatic carbocycles. The maximum Gasteiger partial charge on any atom is 0.262 e. The molecule has 10 nitrogen and oxygen atoms in total. The van der Waals surface area contributed by atoms with E-state index in [2.05, 4.69) is 16.4 Å². The van der Waals surface area contributed by atoms with E-state index in [1.807, 2.05) is 18.2 Å². The zero-order valence-electron chi connectivity index (χ0n) is 20.0. The van der Waals surface area contributed by atoms with E-state index in [-0.39, 0.29) is 30.4 Å². The van der Waals surface area contributed by atoms with Gasteiger partial charge in [0.15, 0.2) is 28.2 Å². The number of nitriles is 1. The van der Waals surface area contributed by atoms with Gasteiger partial charge in [0, 0.05) is 25.6 Å². The molecule has 3 aromatic rings. The van der Waals surface area contributed by atoms with Gasteiger partial charge in [-0.05, 0) is 36.6 Å². The van der Waals surface area contributed by atoms with Crippen LogP contribution in [0.4, 0.5) is 0 Å². The maximum absolute atomic E-state index is 13.2. The SMILES string of the molecule is COc1ccc(CCNC(=O)CCCn2c(SCC#N)nc3cc4c(cc3c2=O)OCO4)cc1OC. The van der Waals surface area contributed by atoms with E-state index in [4.69, 9.17) is 24.2 Å². The minimum absolute atomic E-state index is 0.0943. The standard InChI is InChI=1S/C25H26N4O6S/c1-32-19-6-5-16(12-20(19)33-2)7-9-27-23(30)4-3-10-29-24(31)17-13-21-22(35-15-34-21)14-18(17)28-25(29)36-11-8-26/h5-6,12-14H,3-4,7,9-11,15H2,1-2H3,(H,27,30). The van der Waals surface area contributed by atoms with Gasteiger partial charge < -0.3 is 24.3 Å². The highest BCUT2D eigenvalue weighted by Crippen LogP contribution is 2.35. The maximum atomic E-state index is 13.2. The lowest BCUT2D eigenvalue weighted by atomic mass is 10.1. The van der Waals surface area contributed by atoms with Gasteiger partial charge in [-0.25, -0.2) is 4.98 Å². The van der Waals surface area contributed by atoms with Crippen LogP contribution in [0.5, 0.6) is 23.0 Å². The second-order valence-corrected chi connectivity index (χ2v) is 8.86. The molecule has 0 bridgehead atoms. The molecular weight excluding hydrogens is 484 g/mol. The molecule has 11 heteroatoms. The molecule has 1 aliphatic heterocycles. The number of fused-ring (bicyclic) bond motifs is 2. The zero-order valence-corrected chi connectivity index (χ0v) is 20.9. The number of benzene rings is 2. The molecule has 4 rings (SSSR count). The van der Waals surface area contributed by atoms with Crippen molar-refractivity contribution in [2.24, 2.45) is 0 Å². The van der Waals surface area contributed by atoms with Gasteiger partial charge in [0.2, 0.25) is 12.7 Å². The number of nitrogens with one attached hydrogen (secondary N) is 1. The minimum Gasteiger partial charge on any atom is -0.493 e. The molecule has 188 valence electrons. The van der Waals surface area contributed by atoms with Crippen LogP contribution in [0.25, 0.3) is 10.9 Å². The average molecular weight is 511 g/mol. The average Bonchev–Trinajstić information content (AvgIpc) is 3.35. The van der Waals surface area contributed by atoms with E-state index >= 15 is 0 Å². The third kappa shape index (κ3) is 5.66. The van der Waals surface area contributed by atoms with Gasteiger partial charge in [0.1, 0.15) is 0 Å². The summed E-state index contributed by atoms with van der Waals surface area (Å²) in [4.78, 5) is 30.2. The van der Waals surface area contributed by atoms with E-state index in [1.165, 1.54) is 16.3 Å². The number of nitrogens with zero attached hydrogens (tertiary/aromatic N) is 3. The van der Waals surface area contributed by atoms with E-state index < -0.39 is 0 Å². The van der Waals surface area contributed by atoms with Crippen molar-refractivity contribution in [1.29, 1.82) is 5.26 Å². The number of thioether (sulfide) groups is 1. The summed E-state index contributed by atoms with van der Waals surface area (Å²) >= 11 is 1.18. The van der Waals surface area contributed by atoms with Gasteiger partial charge in [-0.15, -0.1) is 0 Å². The first-order valence-electron chi connectivity index (χ1n) is 11.4. The quantitative estimate of drug-likeness (QED) is 0.306. The Hall–Kier alpha value is -3.91. The van der Waals surface area contributed by atoms with Crippen LogP contribution in [0.2, 0.25) is 0 Å². The fourth-order valence-electron chi connectivity index (χ4n) is 3.86. The number of methoxy groups -OCH3 is 2. The molecule has 0 atom stereocenters. The van der Waals surface area contributed by atoms with E-state index in [9.17, 15) is 9.59 Å². The predicted octanol–water partition coefficient (Wildman–Crippen LogP) is 2.90. The summed E-state index contributed by atoms with van der Waals surface area (Å²) in [5, 5.41) is 12.8. The van der Waals surface area contributed by atoms with Crippen LogP contribution >= 0.6 is 11.8 Å². The summed E-state index contributed by atoms with van der Waals surface area (Å²) in [5.74, 6) is 2.38. The first kappa shape index (κ1) is 25.2. The van der Waals surface area contributed by atoms with E-state index in [0.717, 1.165) is 5.56 Å². The van der Waals surface area contributed by atoms with Gasteiger partial charge in [0.05, 0.1) is 36.9 Å². The second-order valence-electron chi connectivity index (χ2n) is 7.91. The number of carbonyl (C=O) groups excluding carboxylic acids is 1. The molecule has 0 fully saturated rings. The van der Waals surface area contributed by atoms with Crippen molar-refractivity contribution in [1.82, 2.24) is 14.9 Å². The number of hydrogen-bond donors (Lipinski definition) is 1. The van der Waals surface area contributed by atoms with Crippen molar-refractivity contribution in [2.45, 2.75) is 31.0 Å². The Morgan fingerprint density at radius 1 is 1.19 bits per heavy atom. The molecular formula is C25H26N4O6S.